The van der Waals surface area contributed by atoms with E-state index in [-0.39, 0.29) is 29.7 Å². The Bertz CT molecular complexity index is 952. The lowest BCUT2D eigenvalue weighted by Gasteiger charge is -2.29. The van der Waals surface area contributed by atoms with Crippen molar-refractivity contribution in [3.63, 3.8) is 0 Å². The molecular weight excluding hydrogens is 375 g/mol. The Morgan fingerprint density at radius 1 is 1.10 bits per heavy atom. The molecular formula is C22H25FN2O4+2. The Labute approximate surface area is 168 Å². The third-order valence-corrected chi connectivity index (χ3v) is 5.62. The number of hydrogen-bond donors (Lipinski definition) is 4. The number of carbonyl (C=O) groups is 1. The van der Waals surface area contributed by atoms with Gasteiger partial charge in [0.25, 0.3) is 0 Å². The summed E-state index contributed by atoms with van der Waals surface area (Å²) in [6.07, 6.45) is 1.52. The van der Waals surface area contributed by atoms with Crippen molar-refractivity contribution in [2.45, 2.75) is 6.54 Å². The van der Waals surface area contributed by atoms with Gasteiger partial charge in [0.15, 0.2) is 11.5 Å². The number of fused-ring (bicyclic) bond motifs is 1. The molecule has 2 aromatic carbocycles. The lowest BCUT2D eigenvalue weighted by atomic mass is 10.0. The van der Waals surface area contributed by atoms with Gasteiger partial charge in [-0.1, -0.05) is 12.1 Å². The van der Waals surface area contributed by atoms with E-state index >= 15 is 0 Å². The SMILES string of the molecule is O=C1/C(=C\c2cccc(F)c2)Oc2c1ccc(O)c2C[NH+]1CC[NH+](CCO)CC1. The highest BCUT2D eigenvalue weighted by Gasteiger charge is 2.33. The molecule has 2 aromatic rings. The van der Waals surface area contributed by atoms with Crippen molar-refractivity contribution in [2.75, 3.05) is 39.3 Å². The number of aliphatic hydroxyl groups is 1. The molecule has 2 aliphatic heterocycles. The first-order valence-electron chi connectivity index (χ1n) is 9.88. The van der Waals surface area contributed by atoms with E-state index in [1.165, 1.54) is 34.1 Å². The molecule has 0 bridgehead atoms. The largest absolute Gasteiger partial charge is 0.507 e. The van der Waals surface area contributed by atoms with Gasteiger partial charge < -0.3 is 24.7 Å². The molecule has 29 heavy (non-hydrogen) atoms. The molecule has 0 atom stereocenters. The molecule has 1 fully saturated rings. The lowest BCUT2D eigenvalue weighted by Crippen LogP contribution is -3.27. The van der Waals surface area contributed by atoms with Gasteiger partial charge in [-0.15, -0.1) is 0 Å². The molecule has 0 unspecified atom stereocenters. The minimum Gasteiger partial charge on any atom is -0.507 e. The standard InChI is InChI=1S/C22H23FN2O4/c23-16-3-1-2-15(12-16)13-20-21(28)17-4-5-19(27)18(22(17)29-20)14-25-8-6-24(7-9-25)10-11-26/h1-5,12-13,26-27H,6-11,14H2/p+2/b20-13+. The van der Waals surface area contributed by atoms with E-state index in [0.717, 1.165) is 32.7 Å². The zero-order valence-corrected chi connectivity index (χ0v) is 16.1. The monoisotopic (exact) mass is 400 g/mol. The number of halogens is 1. The highest BCUT2D eigenvalue weighted by atomic mass is 19.1. The normalized spacial score (nSPS) is 22.6. The molecule has 0 aromatic heterocycles. The van der Waals surface area contributed by atoms with Gasteiger partial charge in [0, 0.05) is 0 Å². The molecule has 0 spiro atoms. The number of aliphatic hydroxyl groups excluding tert-OH is 1. The maximum atomic E-state index is 13.4. The van der Waals surface area contributed by atoms with Crippen molar-refractivity contribution in [3.8, 4) is 11.5 Å². The number of nitrogens with one attached hydrogen (secondary N) is 2. The zero-order valence-electron chi connectivity index (χ0n) is 16.1. The van der Waals surface area contributed by atoms with Crippen LogP contribution in [0.2, 0.25) is 0 Å². The second kappa shape index (κ2) is 8.32. The van der Waals surface area contributed by atoms with Gasteiger partial charge in [0.2, 0.25) is 5.78 Å². The van der Waals surface area contributed by atoms with Crippen molar-refractivity contribution in [2.24, 2.45) is 0 Å². The van der Waals surface area contributed by atoms with E-state index in [1.54, 1.807) is 18.2 Å². The number of Topliss-reactive ketones (excluding diaryl/α,β-unsaturated/α-hetero) is 1. The Morgan fingerprint density at radius 3 is 2.59 bits per heavy atom. The van der Waals surface area contributed by atoms with Gasteiger partial charge in [-0.25, -0.2) is 4.39 Å². The maximum Gasteiger partial charge on any atom is 0.231 e. The van der Waals surface area contributed by atoms with Crippen LogP contribution in [0.15, 0.2) is 42.2 Å². The minimum absolute atomic E-state index is 0.112. The Morgan fingerprint density at radius 2 is 1.86 bits per heavy atom. The number of aromatic hydroxyl groups is 1. The summed E-state index contributed by atoms with van der Waals surface area (Å²) in [7, 11) is 0. The van der Waals surface area contributed by atoms with E-state index < -0.39 is 0 Å². The molecule has 0 saturated carbocycles. The first-order chi connectivity index (χ1) is 14.0. The summed E-state index contributed by atoms with van der Waals surface area (Å²) < 4.78 is 19.3. The summed E-state index contributed by atoms with van der Waals surface area (Å²) in [5, 5.41) is 19.5. The van der Waals surface area contributed by atoms with Crippen LogP contribution in [-0.4, -0.2) is 55.3 Å². The molecule has 0 amide bonds. The fraction of sp³-hybridized carbons (Fsp3) is 0.318. The molecule has 0 radical (unpaired) electrons. The fourth-order valence-electron chi connectivity index (χ4n) is 4.01. The minimum atomic E-state index is -0.383. The Kier molecular flexibility index (Phi) is 5.62. The number of rotatable bonds is 5. The van der Waals surface area contributed by atoms with Crippen LogP contribution in [0.5, 0.6) is 11.5 Å². The predicted molar refractivity (Wildman–Crippen MR) is 104 cm³/mol. The molecule has 2 heterocycles. The van der Waals surface area contributed by atoms with Crippen LogP contribution in [0, 0.1) is 5.82 Å². The summed E-state index contributed by atoms with van der Waals surface area (Å²) >= 11 is 0. The average molecular weight is 400 g/mol. The van der Waals surface area contributed by atoms with Crippen LogP contribution in [0.25, 0.3) is 6.08 Å². The average Bonchev–Trinajstić information content (AvgIpc) is 3.01. The summed E-state index contributed by atoms with van der Waals surface area (Å²) in [6, 6.07) is 9.06. The summed E-state index contributed by atoms with van der Waals surface area (Å²) in [6.45, 7) is 5.24. The van der Waals surface area contributed by atoms with E-state index in [2.05, 4.69) is 0 Å². The second-order valence-corrected chi connectivity index (χ2v) is 7.59. The molecule has 4 rings (SSSR count). The molecule has 152 valence electrons. The topological polar surface area (TPSA) is 75.6 Å². The van der Waals surface area contributed by atoms with E-state index in [4.69, 9.17) is 9.84 Å². The highest BCUT2D eigenvalue weighted by Crippen LogP contribution is 2.39. The number of ketones is 1. The van der Waals surface area contributed by atoms with Gasteiger partial charge in [0.05, 0.1) is 17.7 Å². The summed E-state index contributed by atoms with van der Waals surface area (Å²) in [5.74, 6) is -0.00873. The van der Waals surface area contributed by atoms with Crippen molar-refractivity contribution in [3.05, 3.63) is 64.7 Å². The van der Waals surface area contributed by atoms with Gasteiger partial charge in [-0.3, -0.25) is 4.79 Å². The number of phenols is 1. The number of quaternary nitrogens is 2. The number of allylic oxidation sites excluding steroid dienone is 1. The molecule has 1 saturated heterocycles. The van der Waals surface area contributed by atoms with Crippen LogP contribution >= 0.6 is 0 Å². The number of phenolic OH excluding ortho intramolecular Hbond substituents is 1. The van der Waals surface area contributed by atoms with Gasteiger partial charge >= 0.3 is 0 Å². The number of ether oxygens (including phenoxy) is 1. The van der Waals surface area contributed by atoms with Crippen LogP contribution in [0.1, 0.15) is 21.5 Å². The molecule has 4 N–H and O–H groups in total. The Balaban J connectivity index is 1.55. The van der Waals surface area contributed by atoms with Crippen molar-refractivity contribution in [1.82, 2.24) is 0 Å². The van der Waals surface area contributed by atoms with Crippen LogP contribution in [0.3, 0.4) is 0 Å². The van der Waals surface area contributed by atoms with Gasteiger partial charge in [-0.05, 0) is 35.9 Å². The first-order valence-corrected chi connectivity index (χ1v) is 9.88. The highest BCUT2D eigenvalue weighted by molar-refractivity contribution is 6.14. The van der Waals surface area contributed by atoms with Crippen molar-refractivity contribution >= 4 is 11.9 Å². The maximum absolute atomic E-state index is 13.4. The summed E-state index contributed by atoms with van der Waals surface area (Å²) in [4.78, 5) is 15.4. The Hall–Kier alpha value is -2.74. The fourth-order valence-corrected chi connectivity index (χ4v) is 4.01. The first kappa shape index (κ1) is 19.6. The smallest absolute Gasteiger partial charge is 0.231 e. The van der Waals surface area contributed by atoms with E-state index in [1.807, 2.05) is 0 Å². The van der Waals surface area contributed by atoms with Gasteiger partial charge in [0.1, 0.15) is 50.8 Å². The molecule has 2 aliphatic rings. The molecule has 0 aliphatic carbocycles. The second-order valence-electron chi connectivity index (χ2n) is 7.59. The van der Waals surface area contributed by atoms with Gasteiger partial charge in [-0.2, -0.15) is 0 Å². The van der Waals surface area contributed by atoms with Crippen molar-refractivity contribution < 1.29 is 33.9 Å². The van der Waals surface area contributed by atoms with Crippen LogP contribution in [-0.2, 0) is 6.54 Å². The predicted octanol–water partition coefficient (Wildman–Crippen LogP) is -0.577. The van der Waals surface area contributed by atoms with Crippen LogP contribution < -0.4 is 14.5 Å². The zero-order chi connectivity index (χ0) is 20.4. The molecule has 6 nitrogen and oxygen atoms in total. The number of piperazine rings is 1. The van der Waals surface area contributed by atoms with E-state index in [0.29, 0.717) is 29.0 Å². The quantitative estimate of drug-likeness (QED) is 0.507. The van der Waals surface area contributed by atoms with Crippen LogP contribution in [0.4, 0.5) is 4.39 Å². The number of hydrogen-bond acceptors (Lipinski definition) is 4. The lowest BCUT2D eigenvalue weighted by molar-refractivity contribution is -1.02. The number of carbonyl (C=O) groups excluding carboxylic acids is 1. The third kappa shape index (κ3) is 4.17. The van der Waals surface area contributed by atoms with E-state index in [9.17, 15) is 14.3 Å². The summed E-state index contributed by atoms with van der Waals surface area (Å²) in [5.41, 5.74) is 1.59. The number of benzene rings is 2. The molecule has 7 heteroatoms. The third-order valence-electron chi connectivity index (χ3n) is 5.62. The van der Waals surface area contributed by atoms with Crippen molar-refractivity contribution in [1.29, 1.82) is 0 Å².